The van der Waals surface area contributed by atoms with E-state index in [-0.39, 0.29) is 18.1 Å². The van der Waals surface area contributed by atoms with Crippen molar-refractivity contribution in [1.29, 1.82) is 0 Å². The van der Waals surface area contributed by atoms with Crippen molar-refractivity contribution in [3.63, 3.8) is 0 Å². The van der Waals surface area contributed by atoms with Gasteiger partial charge in [0.15, 0.2) is 5.79 Å². The van der Waals surface area contributed by atoms with E-state index in [1.165, 1.54) is 0 Å². The van der Waals surface area contributed by atoms with Crippen LogP contribution in [0.4, 0.5) is 0 Å². The van der Waals surface area contributed by atoms with E-state index in [0.29, 0.717) is 5.92 Å². The van der Waals surface area contributed by atoms with Crippen molar-refractivity contribution in [2.45, 2.75) is 30.8 Å². The molecule has 3 heterocycles. The highest BCUT2D eigenvalue weighted by molar-refractivity contribution is 7.99. The highest BCUT2D eigenvalue weighted by Crippen LogP contribution is 2.48. The molecule has 3 aliphatic heterocycles. The van der Waals surface area contributed by atoms with E-state index in [4.69, 9.17) is 9.47 Å². The van der Waals surface area contributed by atoms with Gasteiger partial charge in [0.25, 0.3) is 0 Å². The molecule has 3 saturated heterocycles. The van der Waals surface area contributed by atoms with E-state index in [1.54, 1.807) is 7.11 Å². The van der Waals surface area contributed by atoms with Crippen molar-refractivity contribution < 1.29 is 14.6 Å². The molecule has 3 fully saturated rings. The lowest BCUT2D eigenvalue weighted by Gasteiger charge is -2.54. The van der Waals surface area contributed by atoms with Crippen LogP contribution in [0.5, 0.6) is 0 Å². The molecule has 0 aromatic carbocycles. The number of hydrogen-bond donors (Lipinski definition) is 1. The maximum Gasteiger partial charge on any atom is 0.175 e. The molecule has 3 nitrogen and oxygen atoms in total. The first-order valence-corrected chi connectivity index (χ1v) is 8.64. The molecule has 0 aromatic rings. The second kappa shape index (κ2) is 4.93. The summed E-state index contributed by atoms with van der Waals surface area (Å²) in [6.45, 7) is 0. The summed E-state index contributed by atoms with van der Waals surface area (Å²) in [7, 11) is 1.73. The van der Waals surface area contributed by atoms with Gasteiger partial charge in [-0.2, -0.15) is 23.5 Å². The van der Waals surface area contributed by atoms with E-state index in [0.717, 1.165) is 35.9 Å². The molecule has 0 radical (unpaired) electrons. The quantitative estimate of drug-likeness (QED) is 0.787. The van der Waals surface area contributed by atoms with Crippen LogP contribution in [-0.2, 0) is 9.47 Å². The van der Waals surface area contributed by atoms with Crippen LogP contribution in [0.2, 0.25) is 0 Å². The summed E-state index contributed by atoms with van der Waals surface area (Å²) >= 11 is 3.85. The number of hydrogen-bond acceptors (Lipinski definition) is 5. The molecule has 17 heavy (non-hydrogen) atoms. The van der Waals surface area contributed by atoms with Gasteiger partial charge in [0.1, 0.15) is 0 Å². The molecule has 3 rings (SSSR count). The Balaban J connectivity index is 1.86. The molecule has 1 N–H and O–H groups in total. The van der Waals surface area contributed by atoms with Crippen LogP contribution in [-0.4, -0.2) is 53.2 Å². The van der Waals surface area contributed by atoms with Gasteiger partial charge in [-0.05, 0) is 17.9 Å². The van der Waals surface area contributed by atoms with Gasteiger partial charge in [-0.15, -0.1) is 0 Å². The maximum absolute atomic E-state index is 10.6. The van der Waals surface area contributed by atoms with Gasteiger partial charge >= 0.3 is 0 Å². The first kappa shape index (κ1) is 12.6. The zero-order chi connectivity index (χ0) is 11.9. The fourth-order valence-electron chi connectivity index (χ4n) is 3.30. The van der Waals surface area contributed by atoms with Gasteiger partial charge in [0, 0.05) is 36.9 Å². The van der Waals surface area contributed by atoms with E-state index in [1.807, 2.05) is 23.5 Å². The van der Waals surface area contributed by atoms with Gasteiger partial charge in [0.05, 0.1) is 12.2 Å². The third-order valence-corrected chi connectivity index (χ3v) is 6.57. The predicted octanol–water partition coefficient (Wildman–Crippen LogP) is 1.59. The normalized spacial score (nSPS) is 50.5. The molecule has 98 valence electrons. The van der Waals surface area contributed by atoms with E-state index < -0.39 is 5.79 Å². The number of ether oxygens (including phenoxy) is 2. The zero-order valence-corrected chi connectivity index (χ0v) is 11.8. The first-order valence-electron chi connectivity index (χ1n) is 6.33. The Morgan fingerprint density at radius 1 is 1.29 bits per heavy atom. The lowest BCUT2D eigenvalue weighted by molar-refractivity contribution is -0.328. The molecule has 3 aliphatic rings. The zero-order valence-electron chi connectivity index (χ0n) is 10.1. The summed E-state index contributed by atoms with van der Waals surface area (Å²) in [6.07, 6.45) is 1.91. The maximum atomic E-state index is 10.6. The number of aliphatic hydroxyl groups is 1. The lowest BCUT2D eigenvalue weighted by Crippen LogP contribution is -2.63. The Bertz CT molecular complexity index is 289. The first-order chi connectivity index (χ1) is 8.27. The summed E-state index contributed by atoms with van der Waals surface area (Å²) in [5.74, 6) is 4.16. The third kappa shape index (κ3) is 2.04. The minimum atomic E-state index is -0.506. The van der Waals surface area contributed by atoms with Crippen LogP contribution < -0.4 is 0 Å². The van der Waals surface area contributed by atoms with Crippen molar-refractivity contribution in [3.8, 4) is 0 Å². The third-order valence-electron chi connectivity index (χ3n) is 4.34. The standard InChI is InChI=1S/C12H20O3S2/c1-14-12-3-5-17-7-9(12)11(13)8-6-16-4-2-10(8)15-12/h8-11,13H,2-7H2,1H3/t8-,9+,10+,11-,12-/m1/s1. The van der Waals surface area contributed by atoms with Crippen LogP contribution >= 0.6 is 23.5 Å². The van der Waals surface area contributed by atoms with Crippen molar-refractivity contribution in [1.82, 2.24) is 0 Å². The van der Waals surface area contributed by atoms with Crippen molar-refractivity contribution in [3.05, 3.63) is 0 Å². The fraction of sp³-hybridized carbons (Fsp3) is 1.00. The lowest BCUT2D eigenvalue weighted by atomic mass is 9.78. The fourth-order valence-corrected chi connectivity index (χ4v) is 5.85. The molecule has 0 aliphatic carbocycles. The molecule has 5 atom stereocenters. The number of methoxy groups -OCH3 is 1. The Morgan fingerprint density at radius 3 is 2.94 bits per heavy atom. The van der Waals surface area contributed by atoms with Crippen LogP contribution in [0.15, 0.2) is 0 Å². The van der Waals surface area contributed by atoms with Gasteiger partial charge in [0.2, 0.25) is 0 Å². The summed E-state index contributed by atoms with van der Waals surface area (Å²) in [4.78, 5) is 0. The molecule has 0 spiro atoms. The van der Waals surface area contributed by atoms with Crippen LogP contribution in [0, 0.1) is 11.8 Å². The topological polar surface area (TPSA) is 38.7 Å². The largest absolute Gasteiger partial charge is 0.392 e. The Kier molecular flexibility index (Phi) is 3.65. The minimum absolute atomic E-state index is 0.145. The number of aliphatic hydroxyl groups excluding tert-OH is 1. The molecule has 5 heteroatoms. The second-order valence-corrected chi connectivity index (χ2v) is 7.42. The molecule has 0 bridgehead atoms. The highest BCUT2D eigenvalue weighted by Gasteiger charge is 2.55. The minimum Gasteiger partial charge on any atom is -0.392 e. The average Bonchev–Trinajstić information content (AvgIpc) is 2.39. The molecule has 0 unspecified atom stereocenters. The van der Waals surface area contributed by atoms with Gasteiger partial charge in [-0.1, -0.05) is 0 Å². The van der Waals surface area contributed by atoms with E-state index >= 15 is 0 Å². The SMILES string of the molecule is CO[C@@]12CCSC[C@H]1[C@H](O)[C@@H]1CSCC[C@@H]1O2. The van der Waals surface area contributed by atoms with E-state index in [9.17, 15) is 5.11 Å². The summed E-state index contributed by atoms with van der Waals surface area (Å²) in [5.41, 5.74) is 0. The van der Waals surface area contributed by atoms with Crippen molar-refractivity contribution >= 4 is 23.5 Å². The number of fused-ring (bicyclic) bond motifs is 2. The smallest absolute Gasteiger partial charge is 0.175 e. The van der Waals surface area contributed by atoms with Crippen LogP contribution in [0.1, 0.15) is 12.8 Å². The Morgan fingerprint density at radius 2 is 2.12 bits per heavy atom. The summed E-state index contributed by atoms with van der Waals surface area (Å²) < 4.78 is 12.0. The van der Waals surface area contributed by atoms with Crippen molar-refractivity contribution in [2.24, 2.45) is 11.8 Å². The van der Waals surface area contributed by atoms with Crippen LogP contribution in [0.25, 0.3) is 0 Å². The van der Waals surface area contributed by atoms with E-state index in [2.05, 4.69) is 0 Å². The molecular weight excluding hydrogens is 256 g/mol. The molecular formula is C12H20O3S2. The molecule has 0 aromatic heterocycles. The Labute approximate surface area is 111 Å². The molecule has 0 amide bonds. The summed E-state index contributed by atoms with van der Waals surface area (Å²) in [5, 5.41) is 10.6. The predicted molar refractivity (Wildman–Crippen MR) is 71.5 cm³/mol. The number of thioether (sulfide) groups is 2. The van der Waals surface area contributed by atoms with Crippen molar-refractivity contribution in [2.75, 3.05) is 30.1 Å². The van der Waals surface area contributed by atoms with Gasteiger partial charge < -0.3 is 14.6 Å². The average molecular weight is 276 g/mol. The summed E-state index contributed by atoms with van der Waals surface area (Å²) in [6, 6.07) is 0. The highest BCUT2D eigenvalue weighted by atomic mass is 32.2. The number of rotatable bonds is 1. The second-order valence-electron chi connectivity index (χ2n) is 5.12. The molecule has 0 saturated carbocycles. The van der Waals surface area contributed by atoms with Gasteiger partial charge in [-0.25, -0.2) is 0 Å². The Hall–Kier alpha value is 0.580. The van der Waals surface area contributed by atoms with Crippen LogP contribution in [0.3, 0.4) is 0 Å². The van der Waals surface area contributed by atoms with Gasteiger partial charge in [-0.3, -0.25) is 0 Å². The monoisotopic (exact) mass is 276 g/mol.